The number of aryl methyl sites for hydroxylation is 2. The third kappa shape index (κ3) is 8.43. The van der Waals surface area contributed by atoms with Crippen molar-refractivity contribution in [3.8, 4) is 73.2 Å². The van der Waals surface area contributed by atoms with E-state index < -0.39 is 8.07 Å². The van der Waals surface area contributed by atoms with Gasteiger partial charge < -0.3 is 4.57 Å². The molecule has 0 aliphatic carbocycles. The van der Waals surface area contributed by atoms with E-state index in [1.807, 2.05) is 36.4 Å². The average molecular weight is 989 g/mol. The standard InChI is InChI=1S/C71H52N4Si/c1-49-21-18-27-53(43-49)55-37-41-67-65(46-55)66-47-56(54-28-19-22-50(2)44-54)38-42-68(66)75(67)58-39-40-63(71-73-69(51-23-8-3-9-24-51)72-70(74-71)52-25-10-4-11-26-52)64(48-58)57-29-20-36-62(45-57)76(59-30-12-5-13-31-59,60-32-14-6-15-33-60)61-34-16-7-17-35-61/h3-48H,1-2H3. The van der Waals surface area contributed by atoms with Gasteiger partial charge in [-0.15, -0.1) is 0 Å². The number of hydrogen-bond acceptors (Lipinski definition) is 3. The maximum atomic E-state index is 5.36. The van der Waals surface area contributed by atoms with Crippen LogP contribution in [0.3, 0.4) is 0 Å². The Morgan fingerprint density at radius 1 is 0.276 bits per heavy atom. The summed E-state index contributed by atoms with van der Waals surface area (Å²) in [5.74, 6) is 1.84. The second-order valence-corrected chi connectivity index (χ2v) is 23.5. The van der Waals surface area contributed by atoms with Crippen LogP contribution in [0.5, 0.6) is 0 Å². The molecule has 0 radical (unpaired) electrons. The Kier molecular flexibility index (Phi) is 12.0. The Bertz CT molecular complexity index is 3970. The van der Waals surface area contributed by atoms with Crippen LogP contribution in [0.1, 0.15) is 11.1 Å². The van der Waals surface area contributed by atoms with E-state index in [4.69, 9.17) is 15.0 Å². The van der Waals surface area contributed by atoms with Gasteiger partial charge in [0, 0.05) is 33.2 Å². The Morgan fingerprint density at radius 3 is 1.14 bits per heavy atom. The molecule has 13 aromatic rings. The lowest BCUT2D eigenvalue weighted by Crippen LogP contribution is -2.74. The maximum Gasteiger partial charge on any atom is 0.179 e. The summed E-state index contributed by atoms with van der Waals surface area (Å²) < 4.78 is 2.44. The minimum Gasteiger partial charge on any atom is -0.309 e. The van der Waals surface area contributed by atoms with Crippen LogP contribution in [-0.2, 0) is 0 Å². The quantitative estimate of drug-likeness (QED) is 0.0958. The van der Waals surface area contributed by atoms with E-state index in [2.05, 4.69) is 261 Å². The second-order valence-electron chi connectivity index (χ2n) is 19.7. The van der Waals surface area contributed by atoms with Gasteiger partial charge in [-0.25, -0.2) is 15.0 Å². The summed E-state index contributed by atoms with van der Waals surface area (Å²) in [6.45, 7) is 4.32. The van der Waals surface area contributed by atoms with Crippen LogP contribution in [0.25, 0.3) is 95.0 Å². The molecule has 2 heterocycles. The van der Waals surface area contributed by atoms with E-state index in [0.717, 1.165) is 44.5 Å². The summed E-state index contributed by atoms with van der Waals surface area (Å²) >= 11 is 0. The lowest BCUT2D eigenvalue weighted by molar-refractivity contribution is 1.07. The average Bonchev–Trinajstić information content (AvgIpc) is 3.81. The highest BCUT2D eigenvalue weighted by Gasteiger charge is 2.41. The van der Waals surface area contributed by atoms with E-state index in [-0.39, 0.29) is 0 Å². The molecule has 13 rings (SSSR count). The monoisotopic (exact) mass is 988 g/mol. The third-order valence-corrected chi connectivity index (χ3v) is 19.7. The lowest BCUT2D eigenvalue weighted by atomic mass is 9.98. The first-order valence-electron chi connectivity index (χ1n) is 26.0. The number of rotatable bonds is 11. The molecule has 0 atom stereocenters. The Morgan fingerprint density at radius 2 is 0.671 bits per heavy atom. The summed E-state index contributed by atoms with van der Waals surface area (Å²) in [7, 11) is -2.93. The molecule has 4 nitrogen and oxygen atoms in total. The van der Waals surface area contributed by atoms with Crippen molar-refractivity contribution in [2.24, 2.45) is 0 Å². The molecule has 0 N–H and O–H groups in total. The minimum absolute atomic E-state index is 0.602. The van der Waals surface area contributed by atoms with Gasteiger partial charge in [0.25, 0.3) is 0 Å². The molecule has 0 spiro atoms. The van der Waals surface area contributed by atoms with E-state index >= 15 is 0 Å². The molecule has 0 saturated carbocycles. The first-order chi connectivity index (χ1) is 37.5. The van der Waals surface area contributed by atoms with E-state index in [1.165, 1.54) is 64.9 Å². The van der Waals surface area contributed by atoms with Crippen LogP contribution in [0.2, 0.25) is 0 Å². The van der Waals surface area contributed by atoms with Gasteiger partial charge >= 0.3 is 0 Å². The van der Waals surface area contributed by atoms with Gasteiger partial charge in [-0.1, -0.05) is 248 Å². The summed E-state index contributed by atoms with van der Waals surface area (Å²) in [6, 6.07) is 102. The molecule has 0 saturated heterocycles. The fourth-order valence-electron chi connectivity index (χ4n) is 11.3. The number of fused-ring (bicyclic) bond motifs is 3. The van der Waals surface area contributed by atoms with Crippen molar-refractivity contribution >= 4 is 50.6 Å². The molecule has 76 heavy (non-hydrogen) atoms. The molecule has 0 unspecified atom stereocenters. The fraction of sp³-hybridized carbons (Fsp3) is 0.0282. The molecular weight excluding hydrogens is 937 g/mol. The van der Waals surface area contributed by atoms with E-state index in [9.17, 15) is 0 Å². The summed E-state index contributed by atoms with van der Waals surface area (Å²) in [5, 5.41) is 7.61. The van der Waals surface area contributed by atoms with Gasteiger partial charge in [0.15, 0.2) is 25.5 Å². The van der Waals surface area contributed by atoms with Gasteiger partial charge in [0.2, 0.25) is 0 Å². The third-order valence-electron chi connectivity index (χ3n) is 14.9. The Balaban J connectivity index is 1.09. The van der Waals surface area contributed by atoms with Gasteiger partial charge in [-0.05, 0) is 110 Å². The number of hydrogen-bond donors (Lipinski definition) is 0. The zero-order chi connectivity index (χ0) is 51.0. The molecule has 360 valence electrons. The second kappa shape index (κ2) is 19.7. The van der Waals surface area contributed by atoms with Crippen LogP contribution in [0, 0.1) is 13.8 Å². The molecule has 0 bridgehead atoms. The van der Waals surface area contributed by atoms with E-state index in [0.29, 0.717) is 17.5 Å². The zero-order valence-corrected chi connectivity index (χ0v) is 43.3. The van der Waals surface area contributed by atoms with Crippen molar-refractivity contribution in [3.05, 3.63) is 290 Å². The predicted molar refractivity (Wildman–Crippen MR) is 320 cm³/mol. The van der Waals surface area contributed by atoms with Crippen LogP contribution in [0.4, 0.5) is 0 Å². The molecule has 0 aliphatic heterocycles. The van der Waals surface area contributed by atoms with Gasteiger partial charge in [0.05, 0.1) is 11.0 Å². The summed E-state index contributed by atoms with van der Waals surface area (Å²) in [6.07, 6.45) is 0. The highest BCUT2D eigenvalue weighted by atomic mass is 28.3. The molecule has 0 fully saturated rings. The maximum absolute atomic E-state index is 5.36. The Hall–Kier alpha value is -9.55. The summed E-state index contributed by atoms with van der Waals surface area (Å²) in [5.41, 5.74) is 15.4. The SMILES string of the molecule is Cc1cccc(-c2ccc3c(c2)c2cc(-c4cccc(C)c4)ccc2n3-c2ccc(-c3nc(-c4ccccc4)nc(-c4ccccc4)n3)c(-c3cccc([Si](c4ccccc4)(c4ccccc4)c4ccccc4)c3)c2)c1. The van der Waals surface area contributed by atoms with Crippen molar-refractivity contribution in [1.29, 1.82) is 0 Å². The van der Waals surface area contributed by atoms with Crippen molar-refractivity contribution in [2.75, 3.05) is 0 Å². The topological polar surface area (TPSA) is 43.6 Å². The number of aromatic nitrogens is 4. The van der Waals surface area contributed by atoms with Crippen molar-refractivity contribution in [1.82, 2.24) is 19.5 Å². The molecule has 0 aliphatic rings. The zero-order valence-electron chi connectivity index (χ0n) is 42.3. The molecule has 0 amide bonds. The molecular formula is C71H52N4Si. The molecule has 2 aromatic heterocycles. The largest absolute Gasteiger partial charge is 0.309 e. The van der Waals surface area contributed by atoms with Crippen LogP contribution >= 0.6 is 0 Å². The lowest BCUT2D eigenvalue weighted by Gasteiger charge is -2.34. The minimum atomic E-state index is -2.93. The van der Waals surface area contributed by atoms with Gasteiger partial charge in [-0.2, -0.15) is 0 Å². The highest BCUT2D eigenvalue weighted by Crippen LogP contribution is 2.40. The highest BCUT2D eigenvalue weighted by molar-refractivity contribution is 7.19. The number of nitrogens with zero attached hydrogens (tertiary/aromatic N) is 4. The normalized spacial score (nSPS) is 11.6. The van der Waals surface area contributed by atoms with Gasteiger partial charge in [-0.3, -0.25) is 0 Å². The smallest absolute Gasteiger partial charge is 0.179 e. The number of benzene rings is 11. The van der Waals surface area contributed by atoms with Crippen molar-refractivity contribution in [3.63, 3.8) is 0 Å². The first kappa shape index (κ1) is 46.2. The molecule has 5 heteroatoms. The van der Waals surface area contributed by atoms with Crippen molar-refractivity contribution < 1.29 is 0 Å². The fourth-order valence-corrected chi connectivity index (χ4v) is 16.1. The predicted octanol–water partition coefficient (Wildman–Crippen LogP) is 15.0. The van der Waals surface area contributed by atoms with Crippen molar-refractivity contribution in [2.45, 2.75) is 13.8 Å². The summed E-state index contributed by atoms with van der Waals surface area (Å²) in [4.78, 5) is 15.8. The molecule has 11 aromatic carbocycles. The Labute approximate surface area is 445 Å². The van der Waals surface area contributed by atoms with Crippen LogP contribution in [-0.4, -0.2) is 27.6 Å². The first-order valence-corrected chi connectivity index (χ1v) is 28.0. The van der Waals surface area contributed by atoms with Gasteiger partial charge in [0.1, 0.15) is 0 Å². The van der Waals surface area contributed by atoms with E-state index in [1.54, 1.807) is 0 Å². The van der Waals surface area contributed by atoms with Crippen LogP contribution in [0.15, 0.2) is 279 Å². The van der Waals surface area contributed by atoms with Crippen LogP contribution < -0.4 is 20.7 Å².